The summed E-state index contributed by atoms with van der Waals surface area (Å²) in [5.41, 5.74) is -2.30. The summed E-state index contributed by atoms with van der Waals surface area (Å²) in [6.07, 6.45) is -0.679. The zero-order valence-corrected chi connectivity index (χ0v) is 12.1. The number of para-hydroxylation sites is 2. The van der Waals surface area contributed by atoms with Crippen molar-refractivity contribution in [1.82, 2.24) is 0 Å². The number of benzene rings is 1. The van der Waals surface area contributed by atoms with E-state index in [1.54, 1.807) is 39.0 Å². The van der Waals surface area contributed by atoms with Gasteiger partial charge in [0.05, 0.1) is 11.4 Å². The van der Waals surface area contributed by atoms with Crippen molar-refractivity contribution in [2.45, 2.75) is 32.0 Å². The van der Waals surface area contributed by atoms with Gasteiger partial charge in [-0.15, -0.1) is 0 Å². The molecule has 0 aromatic heterocycles. The van der Waals surface area contributed by atoms with Gasteiger partial charge in [-0.2, -0.15) is 0 Å². The summed E-state index contributed by atoms with van der Waals surface area (Å²) in [4.78, 5) is 22.9. The van der Waals surface area contributed by atoms with E-state index in [9.17, 15) is 14.0 Å². The zero-order valence-electron chi connectivity index (χ0n) is 11.4. The Bertz CT molecular complexity index is 501. The highest BCUT2D eigenvalue weighted by Crippen LogP contribution is 2.22. The Labute approximate surface area is 121 Å². The van der Waals surface area contributed by atoms with E-state index >= 15 is 0 Å². The number of carbonyl (C=O) groups is 2. The molecule has 5 nitrogen and oxygen atoms in total. The molecule has 1 aromatic rings. The highest BCUT2D eigenvalue weighted by molar-refractivity contribution is 6.31. The number of rotatable bonds is 3. The molecule has 0 saturated carbocycles. The number of hydrogen-bond donors (Lipinski definition) is 2. The van der Waals surface area contributed by atoms with E-state index in [-0.39, 0.29) is 11.4 Å². The molecular formula is C13H16ClFN2O3. The molecule has 0 heterocycles. The molecule has 0 aliphatic rings. The summed E-state index contributed by atoms with van der Waals surface area (Å²) >= 11 is 5.03. The van der Waals surface area contributed by atoms with Crippen molar-refractivity contribution in [1.29, 1.82) is 0 Å². The van der Waals surface area contributed by atoms with E-state index in [1.165, 1.54) is 6.07 Å². The van der Waals surface area contributed by atoms with E-state index in [4.69, 9.17) is 16.3 Å². The summed E-state index contributed by atoms with van der Waals surface area (Å²) in [5.74, 6) is -1.01. The van der Waals surface area contributed by atoms with Crippen molar-refractivity contribution < 1.29 is 18.7 Å². The van der Waals surface area contributed by atoms with Gasteiger partial charge in [0.25, 0.3) is 11.5 Å². The molecule has 0 fully saturated rings. The van der Waals surface area contributed by atoms with Crippen LogP contribution in [0.3, 0.4) is 0 Å². The van der Waals surface area contributed by atoms with E-state index in [2.05, 4.69) is 10.6 Å². The van der Waals surface area contributed by atoms with Gasteiger partial charge >= 0.3 is 6.09 Å². The van der Waals surface area contributed by atoms with Crippen molar-refractivity contribution in [2.24, 2.45) is 0 Å². The summed E-state index contributed by atoms with van der Waals surface area (Å²) in [7, 11) is 0. The van der Waals surface area contributed by atoms with Crippen LogP contribution in [0.15, 0.2) is 24.3 Å². The van der Waals surface area contributed by atoms with Crippen LogP contribution in [0.25, 0.3) is 0 Å². The van der Waals surface area contributed by atoms with E-state index in [0.717, 1.165) is 0 Å². The van der Waals surface area contributed by atoms with Crippen molar-refractivity contribution in [3.05, 3.63) is 24.3 Å². The third kappa shape index (κ3) is 5.44. The quantitative estimate of drug-likeness (QED) is 0.840. The first-order valence-corrected chi connectivity index (χ1v) is 6.31. The molecule has 1 atom stereocenters. The normalized spacial score (nSPS) is 12.4. The smallest absolute Gasteiger partial charge is 0.412 e. The van der Waals surface area contributed by atoms with Crippen LogP contribution < -0.4 is 10.6 Å². The predicted octanol–water partition coefficient (Wildman–Crippen LogP) is 3.51. The van der Waals surface area contributed by atoms with Crippen LogP contribution in [0.1, 0.15) is 20.8 Å². The van der Waals surface area contributed by atoms with E-state index in [0.29, 0.717) is 0 Å². The Morgan fingerprint density at radius 1 is 1.20 bits per heavy atom. The molecule has 0 aliphatic carbocycles. The number of halogens is 2. The number of nitrogens with one attached hydrogen (secondary N) is 2. The van der Waals surface area contributed by atoms with Crippen LogP contribution in [-0.4, -0.2) is 23.2 Å². The molecule has 0 aliphatic heterocycles. The lowest BCUT2D eigenvalue weighted by Crippen LogP contribution is -2.28. The average Bonchev–Trinajstić information content (AvgIpc) is 2.28. The maximum Gasteiger partial charge on any atom is 0.412 e. The molecule has 1 rings (SSSR count). The predicted molar refractivity (Wildman–Crippen MR) is 75.7 cm³/mol. The Hall–Kier alpha value is -1.82. The molecule has 0 spiro atoms. The molecule has 0 radical (unpaired) electrons. The second-order valence-electron chi connectivity index (χ2n) is 4.96. The fourth-order valence-corrected chi connectivity index (χ4v) is 1.36. The molecule has 2 N–H and O–H groups in total. The third-order valence-electron chi connectivity index (χ3n) is 2.02. The van der Waals surface area contributed by atoms with Gasteiger partial charge < -0.3 is 10.1 Å². The molecule has 2 amide bonds. The van der Waals surface area contributed by atoms with Crippen LogP contribution in [0, 0.1) is 0 Å². The number of amides is 2. The number of ether oxygens (including phenoxy) is 1. The van der Waals surface area contributed by atoms with Gasteiger partial charge in [-0.25, -0.2) is 9.18 Å². The van der Waals surface area contributed by atoms with Gasteiger partial charge in [-0.1, -0.05) is 23.7 Å². The minimum absolute atomic E-state index is 0.228. The minimum atomic E-state index is -2.16. The van der Waals surface area contributed by atoms with Crippen molar-refractivity contribution in [2.75, 3.05) is 10.6 Å². The highest BCUT2D eigenvalue weighted by atomic mass is 35.5. The fraction of sp³-hybridized carbons (Fsp3) is 0.385. The largest absolute Gasteiger partial charge is 0.444 e. The van der Waals surface area contributed by atoms with Gasteiger partial charge in [-0.05, 0) is 32.9 Å². The molecule has 0 bridgehead atoms. The second kappa shape index (κ2) is 6.56. The van der Waals surface area contributed by atoms with Gasteiger partial charge in [-0.3, -0.25) is 10.1 Å². The van der Waals surface area contributed by atoms with Crippen LogP contribution >= 0.6 is 11.6 Å². The number of anilines is 2. The lowest BCUT2D eigenvalue weighted by Gasteiger charge is -2.20. The molecule has 7 heteroatoms. The Morgan fingerprint density at radius 2 is 1.70 bits per heavy atom. The summed E-state index contributed by atoms with van der Waals surface area (Å²) in [5, 5.41) is 4.73. The number of alkyl halides is 2. The van der Waals surface area contributed by atoms with Gasteiger partial charge in [0, 0.05) is 0 Å². The van der Waals surface area contributed by atoms with Crippen LogP contribution in [0.2, 0.25) is 0 Å². The molecule has 20 heavy (non-hydrogen) atoms. The lowest BCUT2D eigenvalue weighted by atomic mass is 10.2. The average molecular weight is 303 g/mol. The maximum absolute atomic E-state index is 12.6. The van der Waals surface area contributed by atoms with Crippen LogP contribution in [0.4, 0.5) is 20.6 Å². The summed E-state index contributed by atoms with van der Waals surface area (Å²) in [6, 6.07) is 6.32. The second-order valence-corrected chi connectivity index (χ2v) is 5.35. The van der Waals surface area contributed by atoms with Crippen molar-refractivity contribution in [3.8, 4) is 0 Å². The summed E-state index contributed by atoms with van der Waals surface area (Å²) in [6.45, 7) is 5.17. The molecule has 0 saturated heterocycles. The Kier molecular flexibility index (Phi) is 5.33. The van der Waals surface area contributed by atoms with Gasteiger partial charge in [0.15, 0.2) is 0 Å². The molecular weight excluding hydrogens is 287 g/mol. The molecule has 1 unspecified atom stereocenters. The van der Waals surface area contributed by atoms with Crippen molar-refractivity contribution >= 4 is 35.0 Å². The Morgan fingerprint density at radius 3 is 2.15 bits per heavy atom. The Balaban J connectivity index is 2.80. The first-order chi connectivity index (χ1) is 9.19. The third-order valence-corrected chi connectivity index (χ3v) is 2.22. The monoisotopic (exact) mass is 302 g/mol. The zero-order chi connectivity index (χ0) is 15.3. The number of hydrogen-bond acceptors (Lipinski definition) is 3. The van der Waals surface area contributed by atoms with E-state index < -0.39 is 23.2 Å². The fourth-order valence-electron chi connectivity index (χ4n) is 1.30. The first kappa shape index (κ1) is 16.2. The molecule has 110 valence electrons. The minimum Gasteiger partial charge on any atom is -0.444 e. The topological polar surface area (TPSA) is 67.4 Å². The van der Waals surface area contributed by atoms with Crippen LogP contribution in [-0.2, 0) is 9.53 Å². The SMILES string of the molecule is CC(C)(C)OC(=O)Nc1ccccc1NC(=O)C(F)Cl. The van der Waals surface area contributed by atoms with E-state index in [1.807, 2.05) is 0 Å². The summed E-state index contributed by atoms with van der Waals surface area (Å²) < 4.78 is 17.7. The first-order valence-electron chi connectivity index (χ1n) is 5.87. The standard InChI is InChI=1S/C13H16ClFN2O3/c1-13(2,3)20-12(19)17-9-7-5-4-6-8(9)16-11(18)10(14)15/h4-7,10H,1-3H3,(H,16,18)(H,17,19). The van der Waals surface area contributed by atoms with Gasteiger partial charge in [0.2, 0.25) is 0 Å². The molecule has 1 aromatic carbocycles. The highest BCUT2D eigenvalue weighted by Gasteiger charge is 2.19. The van der Waals surface area contributed by atoms with Crippen LogP contribution in [0.5, 0.6) is 0 Å². The lowest BCUT2D eigenvalue weighted by molar-refractivity contribution is -0.118. The number of carbonyl (C=O) groups excluding carboxylic acids is 2. The van der Waals surface area contributed by atoms with Crippen molar-refractivity contribution in [3.63, 3.8) is 0 Å². The van der Waals surface area contributed by atoms with Gasteiger partial charge in [0.1, 0.15) is 5.60 Å². The maximum atomic E-state index is 12.6.